The van der Waals surface area contributed by atoms with Crippen LogP contribution < -0.4 is 5.32 Å². The lowest BCUT2D eigenvalue weighted by atomic mass is 9.86. The summed E-state index contributed by atoms with van der Waals surface area (Å²) in [6.45, 7) is 5.77. The number of phenols is 1. The summed E-state index contributed by atoms with van der Waals surface area (Å²) < 4.78 is 0. The summed E-state index contributed by atoms with van der Waals surface area (Å²) in [7, 11) is 2.22. The molecule has 0 heterocycles. The number of nitrogens with one attached hydrogen (secondary N) is 1. The van der Waals surface area contributed by atoms with E-state index in [9.17, 15) is 5.11 Å². The van der Waals surface area contributed by atoms with E-state index in [1.54, 1.807) is 6.07 Å². The molecule has 0 radical (unpaired) electrons. The van der Waals surface area contributed by atoms with Crippen molar-refractivity contribution in [3.63, 3.8) is 0 Å². The summed E-state index contributed by atoms with van der Waals surface area (Å²) in [4.78, 5) is 2.46. The molecule has 2 saturated carbocycles. The van der Waals surface area contributed by atoms with Crippen LogP contribution in [0.25, 0.3) is 0 Å². The molecule has 2 aliphatic carbocycles. The van der Waals surface area contributed by atoms with Crippen LogP contribution >= 0.6 is 0 Å². The van der Waals surface area contributed by atoms with Gasteiger partial charge in [0.25, 0.3) is 0 Å². The molecule has 0 saturated heterocycles. The highest BCUT2D eigenvalue weighted by atomic mass is 16.3. The topological polar surface area (TPSA) is 35.5 Å². The Morgan fingerprint density at radius 1 is 1.17 bits per heavy atom. The molecule has 0 spiro atoms. The van der Waals surface area contributed by atoms with E-state index < -0.39 is 0 Å². The third-order valence-corrected chi connectivity index (χ3v) is 5.90. The molecule has 0 amide bonds. The number of hydrogen-bond donors (Lipinski definition) is 2. The van der Waals surface area contributed by atoms with Gasteiger partial charge in [0.1, 0.15) is 5.75 Å². The molecule has 128 valence electrons. The van der Waals surface area contributed by atoms with Crippen molar-refractivity contribution in [2.45, 2.75) is 64.1 Å². The zero-order valence-corrected chi connectivity index (χ0v) is 14.9. The summed E-state index contributed by atoms with van der Waals surface area (Å²) in [6, 6.07) is 8.34. The molecule has 2 fully saturated rings. The van der Waals surface area contributed by atoms with Gasteiger partial charge in [0.05, 0.1) is 5.66 Å². The monoisotopic (exact) mass is 316 g/mol. The molecule has 23 heavy (non-hydrogen) atoms. The molecule has 2 aliphatic rings. The normalized spacial score (nSPS) is 27.8. The maximum Gasteiger partial charge on any atom is 0.115 e. The number of rotatable bonds is 6. The van der Waals surface area contributed by atoms with Crippen molar-refractivity contribution in [1.29, 1.82) is 0 Å². The SMILES string of the molecule is CC1CCC(NC(C)(c2cccc(O)c2)N(C)CC2CC2)CC1. The quantitative estimate of drug-likeness (QED) is 0.776. The van der Waals surface area contributed by atoms with Crippen molar-refractivity contribution in [1.82, 2.24) is 10.2 Å². The van der Waals surface area contributed by atoms with Crippen LogP contribution in [-0.2, 0) is 5.66 Å². The second-order valence-electron chi connectivity index (χ2n) is 8.05. The van der Waals surface area contributed by atoms with Crippen molar-refractivity contribution in [2.75, 3.05) is 13.6 Å². The number of aromatic hydroxyl groups is 1. The first-order valence-corrected chi connectivity index (χ1v) is 9.26. The molecular formula is C20H32N2O. The molecule has 1 atom stereocenters. The van der Waals surface area contributed by atoms with Crippen LogP contribution in [0.15, 0.2) is 24.3 Å². The summed E-state index contributed by atoms with van der Waals surface area (Å²) in [5.74, 6) is 2.07. The van der Waals surface area contributed by atoms with Crippen LogP contribution in [0.5, 0.6) is 5.75 Å². The van der Waals surface area contributed by atoms with E-state index in [-0.39, 0.29) is 5.66 Å². The molecule has 3 rings (SSSR count). The maximum absolute atomic E-state index is 9.95. The van der Waals surface area contributed by atoms with Gasteiger partial charge < -0.3 is 5.11 Å². The lowest BCUT2D eigenvalue weighted by Gasteiger charge is -2.44. The van der Waals surface area contributed by atoms with Gasteiger partial charge in [-0.1, -0.05) is 19.1 Å². The second-order valence-corrected chi connectivity index (χ2v) is 8.05. The minimum absolute atomic E-state index is 0.216. The number of nitrogens with zero attached hydrogens (tertiary/aromatic N) is 1. The zero-order chi connectivity index (χ0) is 16.4. The van der Waals surface area contributed by atoms with E-state index in [2.05, 4.69) is 37.2 Å². The average Bonchev–Trinajstić information content (AvgIpc) is 3.33. The Labute approximate surface area is 141 Å². The maximum atomic E-state index is 9.95. The highest BCUT2D eigenvalue weighted by Crippen LogP contribution is 2.35. The Morgan fingerprint density at radius 3 is 2.48 bits per heavy atom. The van der Waals surface area contributed by atoms with Crippen LogP contribution in [-0.4, -0.2) is 29.6 Å². The van der Waals surface area contributed by atoms with Crippen molar-refractivity contribution < 1.29 is 5.11 Å². The summed E-state index contributed by atoms with van der Waals surface area (Å²) >= 11 is 0. The standard InChI is InChI=1S/C20H32N2O/c1-15-7-11-18(12-8-15)21-20(2,22(3)14-16-9-10-16)17-5-4-6-19(23)13-17/h4-6,13,15-16,18,21,23H,7-12,14H2,1-3H3. The lowest BCUT2D eigenvalue weighted by Crippen LogP contribution is -2.57. The van der Waals surface area contributed by atoms with Gasteiger partial charge >= 0.3 is 0 Å². The van der Waals surface area contributed by atoms with E-state index in [0.29, 0.717) is 11.8 Å². The van der Waals surface area contributed by atoms with E-state index in [1.165, 1.54) is 44.1 Å². The Hall–Kier alpha value is -1.06. The summed E-state index contributed by atoms with van der Waals surface area (Å²) in [6.07, 6.45) is 7.88. The predicted molar refractivity (Wildman–Crippen MR) is 95.4 cm³/mol. The summed E-state index contributed by atoms with van der Waals surface area (Å²) in [5.41, 5.74) is 0.950. The number of phenolic OH excluding ortho intramolecular Hbond substituents is 1. The fraction of sp³-hybridized carbons (Fsp3) is 0.700. The highest BCUT2D eigenvalue weighted by Gasteiger charge is 2.37. The van der Waals surface area contributed by atoms with Crippen LogP contribution in [0.2, 0.25) is 0 Å². The lowest BCUT2D eigenvalue weighted by molar-refractivity contribution is 0.0672. The predicted octanol–water partition coefficient (Wildman–Crippen LogP) is 4.08. The van der Waals surface area contributed by atoms with Gasteiger partial charge in [0, 0.05) is 12.6 Å². The molecule has 3 heteroatoms. The van der Waals surface area contributed by atoms with Gasteiger partial charge in [0.2, 0.25) is 0 Å². The minimum Gasteiger partial charge on any atom is -0.508 e. The van der Waals surface area contributed by atoms with Crippen molar-refractivity contribution in [3.05, 3.63) is 29.8 Å². The van der Waals surface area contributed by atoms with Crippen LogP contribution in [0, 0.1) is 11.8 Å². The molecule has 1 aromatic carbocycles. The van der Waals surface area contributed by atoms with Gasteiger partial charge in [-0.2, -0.15) is 0 Å². The van der Waals surface area contributed by atoms with E-state index in [1.807, 2.05) is 12.1 Å². The molecule has 0 bridgehead atoms. The van der Waals surface area contributed by atoms with Crippen molar-refractivity contribution >= 4 is 0 Å². The first-order chi connectivity index (χ1) is 11.0. The van der Waals surface area contributed by atoms with Crippen LogP contribution in [0.4, 0.5) is 0 Å². The number of hydrogen-bond acceptors (Lipinski definition) is 3. The van der Waals surface area contributed by atoms with Gasteiger partial charge in [0.15, 0.2) is 0 Å². The van der Waals surface area contributed by atoms with Crippen molar-refractivity contribution in [2.24, 2.45) is 11.8 Å². The molecule has 0 aromatic heterocycles. The Morgan fingerprint density at radius 2 is 1.87 bits per heavy atom. The molecule has 1 aromatic rings. The molecule has 2 N–H and O–H groups in total. The Kier molecular flexibility index (Phi) is 4.98. The third kappa shape index (κ3) is 4.07. The van der Waals surface area contributed by atoms with Gasteiger partial charge in [-0.3, -0.25) is 10.2 Å². The van der Waals surface area contributed by atoms with Gasteiger partial charge in [-0.15, -0.1) is 0 Å². The Bertz CT molecular complexity index is 520. The van der Waals surface area contributed by atoms with Crippen LogP contribution in [0.3, 0.4) is 0 Å². The van der Waals surface area contributed by atoms with Crippen molar-refractivity contribution in [3.8, 4) is 5.75 Å². The van der Waals surface area contributed by atoms with E-state index >= 15 is 0 Å². The Balaban J connectivity index is 1.79. The molecule has 1 unspecified atom stereocenters. The molecule has 0 aliphatic heterocycles. The fourth-order valence-corrected chi connectivity index (χ4v) is 3.89. The van der Waals surface area contributed by atoms with Crippen LogP contribution in [0.1, 0.15) is 57.9 Å². The molecular weight excluding hydrogens is 284 g/mol. The van der Waals surface area contributed by atoms with E-state index in [0.717, 1.165) is 18.4 Å². The summed E-state index contributed by atoms with van der Waals surface area (Å²) in [5, 5.41) is 13.9. The smallest absolute Gasteiger partial charge is 0.115 e. The first-order valence-electron chi connectivity index (χ1n) is 9.26. The number of benzene rings is 1. The average molecular weight is 316 g/mol. The van der Waals surface area contributed by atoms with Gasteiger partial charge in [-0.25, -0.2) is 0 Å². The largest absolute Gasteiger partial charge is 0.508 e. The van der Waals surface area contributed by atoms with E-state index in [4.69, 9.17) is 0 Å². The van der Waals surface area contributed by atoms with Gasteiger partial charge in [-0.05, 0) is 82.0 Å². The minimum atomic E-state index is -0.216. The fourth-order valence-electron chi connectivity index (χ4n) is 3.89. The highest BCUT2D eigenvalue weighted by molar-refractivity contribution is 5.32. The first kappa shape index (κ1) is 16.8. The molecule has 3 nitrogen and oxygen atoms in total. The third-order valence-electron chi connectivity index (χ3n) is 5.90. The second kappa shape index (κ2) is 6.82. The zero-order valence-electron chi connectivity index (χ0n) is 14.9.